The number of benzene rings is 1. The Morgan fingerprint density at radius 3 is 2.79 bits per heavy atom. The van der Waals surface area contributed by atoms with E-state index in [0.29, 0.717) is 30.7 Å². The van der Waals surface area contributed by atoms with E-state index in [-0.39, 0.29) is 23.5 Å². The minimum Gasteiger partial charge on any atom is -0.389 e. The lowest BCUT2D eigenvalue weighted by Gasteiger charge is -2.45. The van der Waals surface area contributed by atoms with Crippen molar-refractivity contribution < 1.29 is 19.4 Å². The quantitative estimate of drug-likeness (QED) is 0.665. The van der Waals surface area contributed by atoms with Crippen molar-refractivity contribution in [2.24, 2.45) is 5.92 Å². The van der Waals surface area contributed by atoms with Crippen molar-refractivity contribution in [3.63, 3.8) is 0 Å². The zero-order chi connectivity index (χ0) is 23.2. The number of ether oxygens (including phenoxy) is 2. The molecule has 0 bridgehead atoms. The summed E-state index contributed by atoms with van der Waals surface area (Å²) in [7, 11) is 0. The molecule has 1 amide bonds. The summed E-state index contributed by atoms with van der Waals surface area (Å²) in [4.78, 5) is 21.5. The third-order valence-electron chi connectivity index (χ3n) is 7.22. The van der Waals surface area contributed by atoms with Crippen molar-refractivity contribution in [3.05, 3.63) is 29.4 Å². The van der Waals surface area contributed by atoms with E-state index in [1.165, 1.54) is 0 Å². The van der Waals surface area contributed by atoms with Crippen LogP contribution in [0.1, 0.15) is 20.3 Å². The molecule has 9 heteroatoms. The number of hydrogen-bond donors (Lipinski definition) is 2. The van der Waals surface area contributed by atoms with Crippen LogP contribution in [0, 0.1) is 5.92 Å². The third-order valence-corrected chi connectivity index (χ3v) is 7.52. The molecular weight excluding hydrogens is 444 g/mol. The fourth-order valence-corrected chi connectivity index (χ4v) is 5.23. The molecule has 5 rings (SSSR count). The van der Waals surface area contributed by atoms with Crippen LogP contribution >= 0.6 is 11.6 Å². The Balaban J connectivity index is 1.29. The number of nitrogens with one attached hydrogen (secondary N) is 1. The number of amides is 1. The fourth-order valence-electron chi connectivity index (χ4n) is 4.94. The molecular formula is C24H31ClN4O4. The van der Waals surface area contributed by atoms with Gasteiger partial charge < -0.3 is 24.8 Å². The van der Waals surface area contributed by atoms with Crippen LogP contribution in [0.5, 0.6) is 0 Å². The molecule has 0 radical (unpaired) electrons. The van der Waals surface area contributed by atoms with Crippen molar-refractivity contribution in [1.29, 1.82) is 0 Å². The van der Waals surface area contributed by atoms with E-state index >= 15 is 0 Å². The van der Waals surface area contributed by atoms with Gasteiger partial charge >= 0.3 is 0 Å². The normalized spacial score (nSPS) is 30.1. The van der Waals surface area contributed by atoms with E-state index in [9.17, 15) is 9.90 Å². The minimum atomic E-state index is -0.464. The van der Waals surface area contributed by atoms with Gasteiger partial charge in [0.05, 0.1) is 47.6 Å². The van der Waals surface area contributed by atoms with Crippen LogP contribution in [0.2, 0.25) is 5.02 Å². The van der Waals surface area contributed by atoms with Gasteiger partial charge in [-0.1, -0.05) is 11.6 Å². The highest BCUT2D eigenvalue weighted by molar-refractivity contribution is 6.34. The smallest absolute Gasteiger partial charge is 0.231 e. The first-order valence-electron chi connectivity index (χ1n) is 11.7. The van der Waals surface area contributed by atoms with E-state index in [4.69, 9.17) is 21.1 Å². The van der Waals surface area contributed by atoms with E-state index in [2.05, 4.69) is 33.1 Å². The number of fused-ring (bicyclic) bond motifs is 1. The molecule has 2 N–H and O–H groups in total. The van der Waals surface area contributed by atoms with Crippen molar-refractivity contribution in [2.45, 2.75) is 38.0 Å². The molecule has 1 aliphatic carbocycles. The molecule has 33 heavy (non-hydrogen) atoms. The Kier molecular flexibility index (Phi) is 6.22. The lowest BCUT2D eigenvalue weighted by atomic mass is 9.95. The monoisotopic (exact) mass is 474 g/mol. The van der Waals surface area contributed by atoms with Crippen molar-refractivity contribution >= 4 is 39.8 Å². The summed E-state index contributed by atoms with van der Waals surface area (Å²) in [6.07, 6.45) is 2.07. The molecule has 8 nitrogen and oxygen atoms in total. The average molecular weight is 475 g/mol. The van der Waals surface area contributed by atoms with Crippen molar-refractivity contribution in [3.8, 4) is 0 Å². The standard InChI is InChI=1S/C24H31ClN4O4/c1-3-33-20-11-17(20)23(31)27-22-10-15-9-19(18(25)8-16(15)12-26-22)28-4-6-29(7-5-28)24(2)14-32-13-21(24)30/h8-10,12,17,20-21,30H,3-7,11,13-14H2,1-2H3,(H,26,27,31)/t17-,20+,21-,24+/m0/s1. The first kappa shape index (κ1) is 22.8. The molecule has 1 aromatic carbocycles. The first-order chi connectivity index (χ1) is 15.9. The van der Waals surface area contributed by atoms with Gasteiger partial charge in [-0.05, 0) is 43.9 Å². The van der Waals surface area contributed by atoms with Crippen molar-refractivity contribution in [1.82, 2.24) is 9.88 Å². The van der Waals surface area contributed by atoms with Gasteiger partial charge in [-0.25, -0.2) is 4.98 Å². The summed E-state index contributed by atoms with van der Waals surface area (Å²) in [5.41, 5.74) is 0.639. The summed E-state index contributed by atoms with van der Waals surface area (Å²) in [6.45, 7) is 8.85. The number of anilines is 2. The van der Waals surface area contributed by atoms with E-state index in [1.807, 2.05) is 19.1 Å². The molecule has 1 aromatic heterocycles. The average Bonchev–Trinajstić information content (AvgIpc) is 3.50. The number of aliphatic hydroxyl groups excluding tert-OH is 1. The number of halogens is 1. The number of pyridine rings is 1. The van der Waals surface area contributed by atoms with Crippen LogP contribution in [0.15, 0.2) is 24.4 Å². The van der Waals surface area contributed by atoms with Gasteiger partial charge in [-0.15, -0.1) is 0 Å². The zero-order valence-corrected chi connectivity index (χ0v) is 19.8. The summed E-state index contributed by atoms with van der Waals surface area (Å²) in [5, 5.41) is 15.9. The van der Waals surface area contributed by atoms with E-state index in [0.717, 1.165) is 49.1 Å². The van der Waals surface area contributed by atoms with Crippen LogP contribution in [0.25, 0.3) is 10.8 Å². The summed E-state index contributed by atoms with van der Waals surface area (Å²) in [5.74, 6) is 0.401. The molecule has 3 heterocycles. The van der Waals surface area contributed by atoms with Crippen molar-refractivity contribution in [2.75, 3.05) is 56.2 Å². The number of carbonyl (C=O) groups is 1. The number of aromatic nitrogens is 1. The Hall–Kier alpha value is -1.97. The molecule has 3 fully saturated rings. The lowest BCUT2D eigenvalue weighted by Crippen LogP contribution is -2.60. The number of aliphatic hydroxyl groups is 1. The molecule has 0 unspecified atom stereocenters. The third kappa shape index (κ3) is 4.42. The van der Waals surface area contributed by atoms with Crippen LogP contribution in [-0.4, -0.2) is 84.6 Å². The number of rotatable bonds is 6. The van der Waals surface area contributed by atoms with Gasteiger partial charge in [0.1, 0.15) is 5.82 Å². The second-order valence-electron chi connectivity index (χ2n) is 9.41. The summed E-state index contributed by atoms with van der Waals surface area (Å²) < 4.78 is 11.0. The number of hydrogen-bond acceptors (Lipinski definition) is 7. The predicted octanol–water partition coefficient (Wildman–Crippen LogP) is 2.52. The minimum absolute atomic E-state index is 0.0266. The molecule has 1 saturated carbocycles. The van der Waals surface area contributed by atoms with Gasteiger partial charge in [0.25, 0.3) is 0 Å². The van der Waals surface area contributed by atoms with Gasteiger partial charge in [-0.3, -0.25) is 9.69 Å². The molecule has 4 atom stereocenters. The maximum absolute atomic E-state index is 12.5. The Morgan fingerprint density at radius 1 is 1.30 bits per heavy atom. The maximum atomic E-state index is 12.5. The zero-order valence-electron chi connectivity index (χ0n) is 19.1. The van der Waals surface area contributed by atoms with Crippen LogP contribution in [0.3, 0.4) is 0 Å². The highest BCUT2D eigenvalue weighted by atomic mass is 35.5. The van der Waals surface area contributed by atoms with E-state index < -0.39 is 6.10 Å². The topological polar surface area (TPSA) is 87.2 Å². The summed E-state index contributed by atoms with van der Waals surface area (Å²) in [6, 6.07) is 5.90. The molecule has 3 aliphatic rings. The van der Waals surface area contributed by atoms with Crippen LogP contribution in [-0.2, 0) is 14.3 Å². The second kappa shape index (κ2) is 9.00. The van der Waals surface area contributed by atoms with Gasteiger partial charge in [0.2, 0.25) is 5.91 Å². The van der Waals surface area contributed by atoms with Gasteiger partial charge in [0, 0.05) is 44.4 Å². The Labute approximate surface area is 198 Å². The van der Waals surface area contributed by atoms with Gasteiger partial charge in [0.15, 0.2) is 0 Å². The molecule has 2 aromatic rings. The highest BCUT2D eigenvalue weighted by Gasteiger charge is 2.45. The fraction of sp³-hybridized carbons (Fsp3) is 0.583. The molecule has 0 spiro atoms. The maximum Gasteiger partial charge on any atom is 0.231 e. The lowest BCUT2D eigenvalue weighted by molar-refractivity contribution is -0.118. The summed E-state index contributed by atoms with van der Waals surface area (Å²) >= 11 is 6.64. The van der Waals surface area contributed by atoms with Gasteiger partial charge in [-0.2, -0.15) is 0 Å². The SMILES string of the molecule is CCO[C@@H]1C[C@@H]1C(=O)Nc1cc2cc(N3CCN([C@]4(C)COC[C@@H]4O)CC3)c(Cl)cc2cn1. The number of carbonyl (C=O) groups excluding carboxylic acids is 1. The van der Waals surface area contributed by atoms with Crippen LogP contribution in [0.4, 0.5) is 11.5 Å². The van der Waals surface area contributed by atoms with Crippen LogP contribution < -0.4 is 10.2 Å². The van der Waals surface area contributed by atoms with E-state index in [1.54, 1.807) is 6.20 Å². The number of nitrogens with zero attached hydrogens (tertiary/aromatic N) is 3. The largest absolute Gasteiger partial charge is 0.389 e. The molecule has 178 valence electrons. The molecule has 2 saturated heterocycles. The predicted molar refractivity (Wildman–Crippen MR) is 128 cm³/mol. The first-order valence-corrected chi connectivity index (χ1v) is 12.0. The second-order valence-corrected chi connectivity index (χ2v) is 9.81. The Bertz CT molecular complexity index is 1040. The Morgan fingerprint density at radius 2 is 2.09 bits per heavy atom. The molecule has 2 aliphatic heterocycles. The number of piperazine rings is 1. The highest BCUT2D eigenvalue weighted by Crippen LogP contribution is 2.36.